The Morgan fingerprint density at radius 2 is 1.83 bits per heavy atom. The van der Waals surface area contributed by atoms with Gasteiger partial charge in [-0.15, -0.1) is 11.3 Å². The van der Waals surface area contributed by atoms with Crippen LogP contribution < -0.4 is 14.8 Å². The van der Waals surface area contributed by atoms with Crippen molar-refractivity contribution in [3.05, 3.63) is 76.5 Å². The number of phenolic OH excluding ortho intramolecular Hbond substituents is 1. The van der Waals surface area contributed by atoms with Gasteiger partial charge in [0.05, 0.1) is 6.54 Å². The molecular weight excluding hydrogens is 464 g/mol. The van der Waals surface area contributed by atoms with Crippen molar-refractivity contribution in [1.29, 1.82) is 0 Å². The van der Waals surface area contributed by atoms with E-state index in [4.69, 9.17) is 9.47 Å². The number of hydrogen-bond acceptors (Lipinski definition) is 6. The van der Waals surface area contributed by atoms with Crippen LogP contribution in [0, 0.1) is 5.92 Å². The summed E-state index contributed by atoms with van der Waals surface area (Å²) in [6, 6.07) is 16.5. The maximum atomic E-state index is 13.9. The number of phenols is 1. The summed E-state index contributed by atoms with van der Waals surface area (Å²) in [5.41, 5.74) is 0.604. The number of fused-ring (bicyclic) bond motifs is 1. The molecule has 184 valence electrons. The second-order valence-electron chi connectivity index (χ2n) is 8.88. The predicted molar refractivity (Wildman–Crippen MR) is 135 cm³/mol. The Kier molecular flexibility index (Phi) is 7.92. The topological polar surface area (TPSA) is 88.1 Å². The van der Waals surface area contributed by atoms with Crippen molar-refractivity contribution in [2.45, 2.75) is 39.0 Å². The molecule has 0 saturated carbocycles. The molecule has 2 amide bonds. The molecule has 1 aliphatic rings. The monoisotopic (exact) mass is 494 g/mol. The van der Waals surface area contributed by atoms with Crippen LogP contribution in [0.1, 0.15) is 36.8 Å². The Morgan fingerprint density at radius 1 is 1.09 bits per heavy atom. The highest BCUT2D eigenvalue weighted by atomic mass is 32.1. The third-order valence-electron chi connectivity index (χ3n) is 5.76. The lowest BCUT2D eigenvalue weighted by atomic mass is 10.0. The molecule has 1 aromatic heterocycles. The zero-order valence-corrected chi connectivity index (χ0v) is 20.7. The van der Waals surface area contributed by atoms with E-state index in [2.05, 4.69) is 19.2 Å². The molecule has 0 unspecified atom stereocenters. The average molecular weight is 495 g/mol. The summed E-state index contributed by atoms with van der Waals surface area (Å²) in [7, 11) is 0. The molecule has 4 rings (SSSR count). The van der Waals surface area contributed by atoms with Gasteiger partial charge in [0.25, 0.3) is 5.91 Å². The lowest BCUT2D eigenvalue weighted by Crippen LogP contribution is -2.50. The molecular formula is C27H30N2O5S. The third kappa shape index (κ3) is 6.14. The summed E-state index contributed by atoms with van der Waals surface area (Å²) in [6.45, 7) is 4.97. The number of para-hydroxylation sites is 2. The molecule has 2 atom stereocenters. The minimum absolute atomic E-state index is 0.0497. The molecule has 0 bridgehead atoms. The Balaban J connectivity index is 1.66. The molecule has 2 aromatic carbocycles. The van der Waals surface area contributed by atoms with Crippen molar-refractivity contribution in [2.75, 3.05) is 13.2 Å². The summed E-state index contributed by atoms with van der Waals surface area (Å²) in [4.78, 5) is 29.9. The number of thiophene rings is 1. The van der Waals surface area contributed by atoms with E-state index < -0.39 is 12.1 Å². The van der Waals surface area contributed by atoms with Crippen molar-refractivity contribution >= 4 is 23.2 Å². The van der Waals surface area contributed by atoms with Crippen LogP contribution >= 0.6 is 11.3 Å². The molecule has 2 N–H and O–H groups in total. The summed E-state index contributed by atoms with van der Waals surface area (Å²) in [5.74, 6) is 0.977. The van der Waals surface area contributed by atoms with E-state index >= 15 is 0 Å². The maximum absolute atomic E-state index is 13.9. The van der Waals surface area contributed by atoms with Crippen LogP contribution in [-0.4, -0.2) is 41.1 Å². The molecule has 7 nitrogen and oxygen atoms in total. The molecule has 2 heterocycles. The summed E-state index contributed by atoms with van der Waals surface area (Å²) in [5, 5.41) is 14.7. The quantitative estimate of drug-likeness (QED) is 0.457. The molecule has 0 radical (unpaired) electrons. The van der Waals surface area contributed by atoms with Gasteiger partial charge in [-0.2, -0.15) is 0 Å². The van der Waals surface area contributed by atoms with Crippen molar-refractivity contribution in [3.8, 4) is 17.2 Å². The van der Waals surface area contributed by atoms with Gasteiger partial charge in [0.1, 0.15) is 18.4 Å². The van der Waals surface area contributed by atoms with Gasteiger partial charge in [-0.1, -0.05) is 44.2 Å². The smallest absolute Gasteiger partial charge is 0.268 e. The first-order valence-electron chi connectivity index (χ1n) is 11.7. The maximum Gasteiger partial charge on any atom is 0.268 e. The van der Waals surface area contributed by atoms with Gasteiger partial charge in [-0.05, 0) is 53.6 Å². The van der Waals surface area contributed by atoms with E-state index in [-0.39, 0.29) is 30.7 Å². The first-order valence-corrected chi connectivity index (χ1v) is 12.6. The number of hydrogen-bond donors (Lipinski definition) is 2. The highest BCUT2D eigenvalue weighted by Gasteiger charge is 2.38. The Bertz CT molecular complexity index is 1130. The van der Waals surface area contributed by atoms with Gasteiger partial charge >= 0.3 is 0 Å². The van der Waals surface area contributed by atoms with E-state index in [1.807, 2.05) is 29.6 Å². The van der Waals surface area contributed by atoms with Crippen LogP contribution in [-0.2, 0) is 16.1 Å². The minimum Gasteiger partial charge on any atom is -0.508 e. The number of ether oxygens (including phenoxy) is 2. The molecule has 35 heavy (non-hydrogen) atoms. The summed E-state index contributed by atoms with van der Waals surface area (Å²) in [6.07, 6.45) is -0.0727. The number of amides is 2. The van der Waals surface area contributed by atoms with E-state index in [0.29, 0.717) is 29.5 Å². The van der Waals surface area contributed by atoms with Gasteiger partial charge in [-0.25, -0.2) is 0 Å². The zero-order chi connectivity index (χ0) is 24.8. The highest BCUT2D eigenvalue weighted by Crippen LogP contribution is 2.33. The van der Waals surface area contributed by atoms with Gasteiger partial charge in [-0.3, -0.25) is 9.59 Å². The fourth-order valence-corrected chi connectivity index (χ4v) is 4.61. The van der Waals surface area contributed by atoms with Crippen LogP contribution in [0.4, 0.5) is 0 Å². The molecule has 0 spiro atoms. The first kappa shape index (κ1) is 24.6. The standard InChI is InChI=1S/C27H30N2O5S/c1-18(2)13-14-28-26(31)25(19-9-11-20(30)12-10-19)29(16-21-6-5-15-35-21)27(32)24-17-33-22-7-3-4-8-23(22)34-24/h3-12,15,18,24-25,30H,13-14,16-17H2,1-2H3,(H,28,31)/t24-,25+/m0/s1. The highest BCUT2D eigenvalue weighted by molar-refractivity contribution is 7.09. The number of carbonyl (C=O) groups is 2. The van der Waals surface area contributed by atoms with Crippen LogP contribution in [0.2, 0.25) is 0 Å². The second kappa shape index (κ2) is 11.3. The first-order chi connectivity index (χ1) is 16.9. The lowest BCUT2D eigenvalue weighted by molar-refractivity contribution is -0.149. The molecule has 1 aliphatic heterocycles. The number of rotatable bonds is 9. The largest absolute Gasteiger partial charge is 0.508 e. The number of nitrogens with one attached hydrogen (secondary N) is 1. The average Bonchev–Trinajstić information content (AvgIpc) is 3.37. The van der Waals surface area contributed by atoms with Crippen molar-refractivity contribution in [2.24, 2.45) is 5.92 Å². The SMILES string of the molecule is CC(C)CCNC(=O)[C@@H](c1ccc(O)cc1)N(Cc1cccs1)C(=O)[C@@H]1COc2ccccc2O1. The van der Waals surface area contributed by atoms with Crippen LogP contribution in [0.3, 0.4) is 0 Å². The molecule has 0 fully saturated rings. The lowest BCUT2D eigenvalue weighted by Gasteiger charge is -2.35. The van der Waals surface area contributed by atoms with E-state index in [0.717, 1.165) is 11.3 Å². The Hall–Kier alpha value is -3.52. The molecule has 0 aliphatic carbocycles. The van der Waals surface area contributed by atoms with Crippen molar-refractivity contribution in [3.63, 3.8) is 0 Å². The van der Waals surface area contributed by atoms with Crippen molar-refractivity contribution in [1.82, 2.24) is 10.2 Å². The van der Waals surface area contributed by atoms with Crippen molar-refractivity contribution < 1.29 is 24.2 Å². The molecule has 3 aromatic rings. The number of aromatic hydroxyl groups is 1. The number of nitrogens with zero attached hydrogens (tertiary/aromatic N) is 1. The minimum atomic E-state index is -0.905. The number of benzene rings is 2. The third-order valence-corrected chi connectivity index (χ3v) is 6.62. The van der Waals surface area contributed by atoms with Gasteiger partial charge in [0.15, 0.2) is 11.5 Å². The summed E-state index contributed by atoms with van der Waals surface area (Å²) < 4.78 is 11.8. The Labute approximate surface area is 209 Å². The second-order valence-corrected chi connectivity index (χ2v) is 9.91. The van der Waals surface area contributed by atoms with E-state index in [9.17, 15) is 14.7 Å². The van der Waals surface area contributed by atoms with E-state index in [1.165, 1.54) is 23.5 Å². The Morgan fingerprint density at radius 3 is 2.51 bits per heavy atom. The van der Waals surface area contributed by atoms with Crippen LogP contribution in [0.5, 0.6) is 17.2 Å². The molecule has 0 saturated heterocycles. The van der Waals surface area contributed by atoms with Gasteiger partial charge < -0.3 is 24.8 Å². The number of carbonyl (C=O) groups excluding carboxylic acids is 2. The normalized spacial score (nSPS) is 15.5. The van der Waals surface area contributed by atoms with Crippen LogP contribution in [0.15, 0.2) is 66.0 Å². The predicted octanol–water partition coefficient (Wildman–Crippen LogP) is 4.53. The zero-order valence-electron chi connectivity index (χ0n) is 19.8. The van der Waals surface area contributed by atoms with Gasteiger partial charge in [0, 0.05) is 11.4 Å². The van der Waals surface area contributed by atoms with E-state index in [1.54, 1.807) is 29.2 Å². The fourth-order valence-electron chi connectivity index (χ4n) is 3.90. The van der Waals surface area contributed by atoms with Gasteiger partial charge in [0.2, 0.25) is 12.0 Å². The summed E-state index contributed by atoms with van der Waals surface area (Å²) >= 11 is 1.51. The molecule has 8 heteroatoms. The fraction of sp³-hybridized carbons (Fsp3) is 0.333. The van der Waals surface area contributed by atoms with Crippen LogP contribution in [0.25, 0.3) is 0 Å².